The number of hydrogen-bond acceptors (Lipinski definition) is 2. The number of halogens is 1. The first kappa shape index (κ1) is 12.8. The Kier molecular flexibility index (Phi) is 2.93. The van der Waals surface area contributed by atoms with Crippen LogP contribution in [-0.2, 0) is 0 Å². The number of fused-ring (bicyclic) bond motifs is 3. The minimum atomic E-state index is 0.171. The molecule has 1 aliphatic carbocycles. The molecule has 0 saturated heterocycles. The number of aromatic hydroxyl groups is 1. The Bertz CT molecular complexity index is 725. The van der Waals surface area contributed by atoms with Crippen molar-refractivity contribution < 1.29 is 5.11 Å². The van der Waals surface area contributed by atoms with Crippen molar-refractivity contribution in [3.05, 3.63) is 70.8 Å². The van der Waals surface area contributed by atoms with Gasteiger partial charge in [0.25, 0.3) is 0 Å². The standard InChI is InChI=1S/C18H16ClNO/c19-12-5-1-4-11(10-12)17-14-7-2-6-13(14)15-8-3-9-16(21)18(15)20-17/h1-6,8-10,13-14,17,20-21H,7H2. The average molecular weight is 298 g/mol. The highest BCUT2D eigenvalue weighted by molar-refractivity contribution is 6.30. The number of hydrogen-bond donors (Lipinski definition) is 2. The van der Waals surface area contributed by atoms with Crippen molar-refractivity contribution in [3.63, 3.8) is 0 Å². The van der Waals surface area contributed by atoms with E-state index in [1.54, 1.807) is 6.07 Å². The van der Waals surface area contributed by atoms with Crippen LogP contribution in [0.2, 0.25) is 5.02 Å². The maximum Gasteiger partial charge on any atom is 0.138 e. The normalized spacial score (nSPS) is 26.0. The summed E-state index contributed by atoms with van der Waals surface area (Å²) >= 11 is 6.15. The summed E-state index contributed by atoms with van der Waals surface area (Å²) in [4.78, 5) is 0. The van der Waals surface area contributed by atoms with E-state index in [0.717, 1.165) is 17.1 Å². The smallest absolute Gasteiger partial charge is 0.138 e. The third-order valence-corrected chi connectivity index (χ3v) is 4.82. The number of anilines is 1. The Labute approximate surface area is 129 Å². The van der Waals surface area contributed by atoms with Crippen LogP contribution in [0.25, 0.3) is 0 Å². The van der Waals surface area contributed by atoms with E-state index < -0.39 is 0 Å². The summed E-state index contributed by atoms with van der Waals surface area (Å²) in [6.07, 6.45) is 5.55. The largest absolute Gasteiger partial charge is 0.506 e. The zero-order valence-corrected chi connectivity index (χ0v) is 12.2. The third-order valence-electron chi connectivity index (χ3n) is 4.58. The van der Waals surface area contributed by atoms with Crippen molar-refractivity contribution in [1.29, 1.82) is 0 Å². The summed E-state index contributed by atoms with van der Waals surface area (Å²) in [6.45, 7) is 0. The van der Waals surface area contributed by atoms with Gasteiger partial charge in [-0.3, -0.25) is 0 Å². The Morgan fingerprint density at radius 3 is 2.86 bits per heavy atom. The summed E-state index contributed by atoms with van der Waals surface area (Å²) in [5.74, 6) is 1.15. The lowest BCUT2D eigenvalue weighted by atomic mass is 9.77. The molecule has 2 aromatic carbocycles. The summed E-state index contributed by atoms with van der Waals surface area (Å²) in [5.41, 5.74) is 3.22. The van der Waals surface area contributed by atoms with Crippen molar-refractivity contribution in [1.82, 2.24) is 0 Å². The van der Waals surface area contributed by atoms with Gasteiger partial charge in [-0.25, -0.2) is 0 Å². The van der Waals surface area contributed by atoms with Crippen LogP contribution in [0.5, 0.6) is 5.75 Å². The molecule has 0 bridgehead atoms. The fourth-order valence-electron chi connectivity index (χ4n) is 3.63. The summed E-state index contributed by atoms with van der Waals surface area (Å²) in [7, 11) is 0. The summed E-state index contributed by atoms with van der Waals surface area (Å²) < 4.78 is 0. The highest BCUT2D eigenvalue weighted by Crippen LogP contribution is 2.51. The number of nitrogens with one attached hydrogen (secondary N) is 1. The molecule has 0 amide bonds. The summed E-state index contributed by atoms with van der Waals surface area (Å²) in [6, 6.07) is 13.9. The fraction of sp³-hybridized carbons (Fsp3) is 0.222. The second-order valence-corrected chi connectivity index (χ2v) is 6.21. The molecule has 106 valence electrons. The second-order valence-electron chi connectivity index (χ2n) is 5.77. The monoisotopic (exact) mass is 297 g/mol. The molecular formula is C18H16ClNO. The molecule has 4 rings (SSSR count). The zero-order valence-electron chi connectivity index (χ0n) is 11.5. The number of allylic oxidation sites excluding steroid dienone is 2. The van der Waals surface area contributed by atoms with Crippen LogP contribution in [0.1, 0.15) is 29.5 Å². The van der Waals surface area contributed by atoms with Gasteiger partial charge in [-0.1, -0.05) is 48.0 Å². The number of phenols is 1. The van der Waals surface area contributed by atoms with E-state index in [1.165, 1.54) is 11.1 Å². The Balaban J connectivity index is 1.83. The molecule has 0 saturated carbocycles. The number of phenolic OH excluding ortho intramolecular Hbond substituents is 1. The van der Waals surface area contributed by atoms with Crippen molar-refractivity contribution in [2.24, 2.45) is 5.92 Å². The van der Waals surface area contributed by atoms with Crippen LogP contribution < -0.4 is 5.32 Å². The van der Waals surface area contributed by atoms with E-state index >= 15 is 0 Å². The van der Waals surface area contributed by atoms with Gasteiger partial charge in [0.2, 0.25) is 0 Å². The molecule has 1 aliphatic heterocycles. The van der Waals surface area contributed by atoms with E-state index in [0.29, 0.717) is 17.6 Å². The molecule has 2 N–H and O–H groups in total. The number of para-hydroxylation sites is 1. The molecule has 21 heavy (non-hydrogen) atoms. The molecule has 2 aliphatic rings. The van der Waals surface area contributed by atoms with Crippen LogP contribution in [0.3, 0.4) is 0 Å². The minimum absolute atomic E-state index is 0.171. The van der Waals surface area contributed by atoms with E-state index in [9.17, 15) is 5.11 Å². The molecule has 3 atom stereocenters. The second kappa shape index (κ2) is 4.81. The topological polar surface area (TPSA) is 32.3 Å². The predicted molar refractivity (Wildman–Crippen MR) is 85.9 cm³/mol. The van der Waals surface area contributed by atoms with Crippen LogP contribution >= 0.6 is 11.6 Å². The molecule has 0 fully saturated rings. The van der Waals surface area contributed by atoms with Crippen LogP contribution in [-0.4, -0.2) is 5.11 Å². The molecule has 2 nitrogen and oxygen atoms in total. The maximum absolute atomic E-state index is 10.2. The van der Waals surface area contributed by atoms with Gasteiger partial charge in [-0.15, -0.1) is 0 Å². The lowest BCUT2D eigenvalue weighted by molar-refractivity contribution is 0.415. The first-order chi connectivity index (χ1) is 10.2. The van der Waals surface area contributed by atoms with Gasteiger partial charge in [0.1, 0.15) is 5.75 Å². The van der Waals surface area contributed by atoms with E-state index in [-0.39, 0.29) is 6.04 Å². The van der Waals surface area contributed by atoms with Crippen LogP contribution in [0.4, 0.5) is 5.69 Å². The molecule has 2 aromatic rings. The molecule has 0 radical (unpaired) electrons. The number of rotatable bonds is 1. The Morgan fingerprint density at radius 1 is 1.14 bits per heavy atom. The molecule has 3 heteroatoms. The first-order valence-corrected chi connectivity index (χ1v) is 7.62. The third kappa shape index (κ3) is 2.02. The quantitative estimate of drug-likeness (QED) is 0.581. The van der Waals surface area contributed by atoms with Gasteiger partial charge in [0.15, 0.2) is 0 Å². The Hall–Kier alpha value is -1.93. The SMILES string of the molecule is Oc1cccc2c1NC(c1cccc(Cl)c1)C1CC=CC21. The number of benzene rings is 2. The molecular weight excluding hydrogens is 282 g/mol. The molecule has 1 heterocycles. The highest BCUT2D eigenvalue weighted by atomic mass is 35.5. The predicted octanol–water partition coefficient (Wildman–Crippen LogP) is 4.87. The van der Waals surface area contributed by atoms with Gasteiger partial charge in [-0.05, 0) is 41.7 Å². The first-order valence-electron chi connectivity index (χ1n) is 7.24. The molecule has 0 spiro atoms. The van der Waals surface area contributed by atoms with Crippen molar-refractivity contribution in [3.8, 4) is 5.75 Å². The highest BCUT2D eigenvalue weighted by Gasteiger charge is 2.38. The zero-order chi connectivity index (χ0) is 14.4. The van der Waals surface area contributed by atoms with Gasteiger partial charge < -0.3 is 10.4 Å². The van der Waals surface area contributed by atoms with Gasteiger partial charge in [-0.2, -0.15) is 0 Å². The summed E-state index contributed by atoms with van der Waals surface area (Å²) in [5, 5.41) is 14.5. The van der Waals surface area contributed by atoms with Gasteiger partial charge in [0, 0.05) is 10.9 Å². The minimum Gasteiger partial charge on any atom is -0.506 e. The van der Waals surface area contributed by atoms with E-state index in [4.69, 9.17) is 11.6 Å². The maximum atomic E-state index is 10.2. The van der Waals surface area contributed by atoms with Gasteiger partial charge >= 0.3 is 0 Å². The average Bonchev–Trinajstić information content (AvgIpc) is 2.96. The lowest BCUT2D eigenvalue weighted by Crippen LogP contribution is -2.29. The van der Waals surface area contributed by atoms with Crippen molar-refractivity contribution >= 4 is 17.3 Å². The fourth-order valence-corrected chi connectivity index (χ4v) is 3.83. The molecule has 0 aromatic heterocycles. The van der Waals surface area contributed by atoms with Crippen molar-refractivity contribution in [2.75, 3.05) is 5.32 Å². The van der Waals surface area contributed by atoms with E-state index in [2.05, 4.69) is 29.6 Å². The van der Waals surface area contributed by atoms with Gasteiger partial charge in [0.05, 0.1) is 11.7 Å². The van der Waals surface area contributed by atoms with E-state index in [1.807, 2.05) is 24.3 Å². The lowest BCUT2D eigenvalue weighted by Gasteiger charge is -2.37. The van der Waals surface area contributed by atoms with Crippen LogP contribution in [0, 0.1) is 5.92 Å². The molecule has 3 unspecified atom stereocenters. The van der Waals surface area contributed by atoms with Crippen LogP contribution in [0.15, 0.2) is 54.6 Å². The van der Waals surface area contributed by atoms with Crippen molar-refractivity contribution in [2.45, 2.75) is 18.4 Å². The Morgan fingerprint density at radius 2 is 2.00 bits per heavy atom.